The molecule has 0 N–H and O–H groups in total. The Morgan fingerprint density at radius 2 is 0.812 bits per heavy atom. The molecule has 0 saturated heterocycles. The Bertz CT molecular complexity index is 2460. The highest BCUT2D eigenvalue weighted by Gasteiger charge is 2.22. The summed E-state index contributed by atoms with van der Waals surface area (Å²) < 4.78 is 0. The van der Waals surface area contributed by atoms with Gasteiger partial charge in [-0.2, -0.15) is 0 Å². The maximum Gasteiger partial charge on any atom is 0.235 e. The molecule has 0 radical (unpaired) electrons. The number of para-hydroxylation sites is 3. The Morgan fingerprint density at radius 1 is 0.375 bits per heavy atom. The van der Waals surface area contributed by atoms with Gasteiger partial charge in [-0.15, -0.1) is 0 Å². The predicted molar refractivity (Wildman–Crippen MR) is 201 cm³/mol. The van der Waals surface area contributed by atoms with Crippen molar-refractivity contribution in [2.45, 2.75) is 0 Å². The molecule has 0 aliphatic heterocycles. The maximum absolute atomic E-state index is 5.12. The van der Waals surface area contributed by atoms with E-state index in [1.165, 1.54) is 26.9 Å². The fourth-order valence-corrected chi connectivity index (χ4v) is 6.91. The van der Waals surface area contributed by atoms with Crippen LogP contribution in [0.4, 0.5) is 34.4 Å². The van der Waals surface area contributed by atoms with Crippen LogP contribution >= 0.6 is 0 Å². The van der Waals surface area contributed by atoms with Crippen LogP contribution < -0.4 is 9.80 Å². The molecular weight excluding hydrogens is 585 g/mol. The number of nitrogens with zero attached hydrogens (tertiary/aromatic N) is 4. The minimum absolute atomic E-state index is 0.623. The molecule has 0 atom stereocenters. The summed E-state index contributed by atoms with van der Waals surface area (Å²) in [5, 5.41) is 7.22. The summed E-state index contributed by atoms with van der Waals surface area (Å²) in [6.07, 6.45) is 1.85. The van der Waals surface area contributed by atoms with Crippen LogP contribution in [0.25, 0.3) is 43.6 Å². The van der Waals surface area contributed by atoms with Crippen LogP contribution in [0.3, 0.4) is 0 Å². The second-order valence-corrected chi connectivity index (χ2v) is 11.9. The van der Waals surface area contributed by atoms with Crippen molar-refractivity contribution in [3.63, 3.8) is 0 Å². The maximum atomic E-state index is 5.12. The van der Waals surface area contributed by atoms with Crippen LogP contribution in [0.1, 0.15) is 0 Å². The van der Waals surface area contributed by atoms with Crippen LogP contribution in [-0.2, 0) is 0 Å². The topological polar surface area (TPSA) is 32.3 Å². The first kappa shape index (κ1) is 27.8. The van der Waals surface area contributed by atoms with Gasteiger partial charge in [-0.25, -0.2) is 9.97 Å². The van der Waals surface area contributed by atoms with Gasteiger partial charge in [-0.3, -0.25) is 4.90 Å². The molecule has 0 bridgehead atoms. The molecule has 4 nitrogen and oxygen atoms in total. The molecule has 0 fully saturated rings. The van der Waals surface area contributed by atoms with Gasteiger partial charge in [-0.05, 0) is 76.1 Å². The Hall–Kier alpha value is -6.52. The zero-order valence-electron chi connectivity index (χ0n) is 26.1. The van der Waals surface area contributed by atoms with Gasteiger partial charge in [0, 0.05) is 39.6 Å². The van der Waals surface area contributed by atoms with Gasteiger partial charge >= 0.3 is 0 Å². The summed E-state index contributed by atoms with van der Waals surface area (Å²) in [6.45, 7) is 0. The van der Waals surface area contributed by atoms with Crippen LogP contribution in [0, 0.1) is 0 Å². The first-order valence-electron chi connectivity index (χ1n) is 16.2. The predicted octanol–water partition coefficient (Wildman–Crippen LogP) is 12.0. The number of rotatable bonds is 7. The Kier molecular flexibility index (Phi) is 6.76. The third kappa shape index (κ3) is 4.70. The highest BCUT2D eigenvalue weighted by molar-refractivity contribution is 6.28. The van der Waals surface area contributed by atoms with Crippen molar-refractivity contribution in [1.82, 2.24) is 9.97 Å². The monoisotopic (exact) mass is 614 g/mol. The van der Waals surface area contributed by atoms with Gasteiger partial charge in [0.05, 0.1) is 17.1 Å². The van der Waals surface area contributed by atoms with Crippen LogP contribution in [-0.4, -0.2) is 9.97 Å². The standard InChI is InChI=1S/C44H30N4/c1-5-13-31(14-6-1)39-29-30-45-44(46-39)48(36-19-11-4-12-20-36)41-28-24-33-21-25-37-40(27-23-32-22-26-38(41)43(33)42(32)37)47(34-15-7-2-8-16-34)35-17-9-3-10-18-35/h1-30H. The number of hydrogen-bond acceptors (Lipinski definition) is 4. The summed E-state index contributed by atoms with van der Waals surface area (Å²) in [6, 6.07) is 61.8. The highest BCUT2D eigenvalue weighted by atomic mass is 15.3. The second-order valence-electron chi connectivity index (χ2n) is 11.9. The molecule has 48 heavy (non-hydrogen) atoms. The van der Waals surface area contributed by atoms with Gasteiger partial charge in [0.2, 0.25) is 5.95 Å². The van der Waals surface area contributed by atoms with Gasteiger partial charge in [0.1, 0.15) is 0 Å². The first-order valence-corrected chi connectivity index (χ1v) is 16.2. The van der Waals surface area contributed by atoms with E-state index >= 15 is 0 Å². The molecule has 4 heteroatoms. The smallest absolute Gasteiger partial charge is 0.235 e. The van der Waals surface area contributed by atoms with Gasteiger partial charge in [0.15, 0.2) is 0 Å². The zero-order valence-corrected chi connectivity index (χ0v) is 26.1. The lowest BCUT2D eigenvalue weighted by Crippen LogP contribution is -2.14. The Morgan fingerprint density at radius 3 is 1.33 bits per heavy atom. The van der Waals surface area contributed by atoms with E-state index in [1.807, 2.05) is 36.5 Å². The van der Waals surface area contributed by atoms with E-state index in [0.717, 1.165) is 45.1 Å². The summed E-state index contributed by atoms with van der Waals surface area (Å²) in [4.78, 5) is 14.5. The summed E-state index contributed by atoms with van der Waals surface area (Å²) in [5.74, 6) is 0.623. The molecule has 9 rings (SSSR count). The molecule has 1 aromatic heterocycles. The van der Waals surface area contributed by atoms with E-state index in [-0.39, 0.29) is 0 Å². The van der Waals surface area contributed by atoms with Crippen LogP contribution in [0.5, 0.6) is 0 Å². The lowest BCUT2D eigenvalue weighted by molar-refractivity contribution is 1.09. The van der Waals surface area contributed by atoms with Crippen LogP contribution in [0.15, 0.2) is 182 Å². The third-order valence-electron chi connectivity index (χ3n) is 9.06. The molecule has 0 spiro atoms. The average molecular weight is 615 g/mol. The Balaban J connectivity index is 1.29. The largest absolute Gasteiger partial charge is 0.310 e. The molecule has 0 aliphatic rings. The summed E-state index contributed by atoms with van der Waals surface area (Å²) >= 11 is 0. The molecule has 226 valence electrons. The molecular formula is C44H30N4. The quantitative estimate of drug-likeness (QED) is 0.167. The van der Waals surface area contributed by atoms with Crippen molar-refractivity contribution in [3.05, 3.63) is 182 Å². The number of benzene rings is 8. The van der Waals surface area contributed by atoms with Gasteiger partial charge in [-0.1, -0.05) is 121 Å². The Labute approximate surface area is 279 Å². The van der Waals surface area contributed by atoms with E-state index in [4.69, 9.17) is 9.97 Å². The van der Waals surface area contributed by atoms with Crippen molar-refractivity contribution >= 4 is 66.7 Å². The van der Waals surface area contributed by atoms with Crippen molar-refractivity contribution in [2.24, 2.45) is 0 Å². The van der Waals surface area contributed by atoms with E-state index in [2.05, 4.69) is 155 Å². The van der Waals surface area contributed by atoms with Gasteiger partial charge in [0.25, 0.3) is 0 Å². The second kappa shape index (κ2) is 11.7. The summed E-state index contributed by atoms with van der Waals surface area (Å²) in [5.41, 5.74) is 7.33. The van der Waals surface area contributed by atoms with E-state index in [9.17, 15) is 0 Å². The summed E-state index contributed by atoms with van der Waals surface area (Å²) in [7, 11) is 0. The fraction of sp³-hybridized carbons (Fsp3) is 0. The molecule has 0 amide bonds. The van der Waals surface area contributed by atoms with Crippen molar-refractivity contribution in [2.75, 3.05) is 9.80 Å². The van der Waals surface area contributed by atoms with Crippen molar-refractivity contribution in [3.8, 4) is 11.3 Å². The highest BCUT2D eigenvalue weighted by Crippen LogP contribution is 2.47. The normalized spacial score (nSPS) is 11.3. The minimum Gasteiger partial charge on any atom is -0.310 e. The van der Waals surface area contributed by atoms with Crippen molar-refractivity contribution in [1.29, 1.82) is 0 Å². The molecule has 0 aliphatic carbocycles. The zero-order chi connectivity index (χ0) is 31.9. The molecule has 0 unspecified atom stereocenters. The molecule has 8 aromatic carbocycles. The van der Waals surface area contributed by atoms with E-state index in [0.29, 0.717) is 5.95 Å². The fourth-order valence-electron chi connectivity index (χ4n) is 6.91. The minimum atomic E-state index is 0.623. The first-order chi connectivity index (χ1) is 23.8. The number of anilines is 6. The lowest BCUT2D eigenvalue weighted by Gasteiger charge is -2.28. The third-order valence-corrected chi connectivity index (χ3v) is 9.06. The average Bonchev–Trinajstić information content (AvgIpc) is 3.17. The van der Waals surface area contributed by atoms with Crippen LogP contribution in [0.2, 0.25) is 0 Å². The molecule has 9 aromatic rings. The van der Waals surface area contributed by atoms with Crippen molar-refractivity contribution < 1.29 is 0 Å². The molecule has 1 heterocycles. The van der Waals surface area contributed by atoms with E-state index in [1.54, 1.807) is 0 Å². The molecule has 0 saturated carbocycles. The van der Waals surface area contributed by atoms with Gasteiger partial charge < -0.3 is 4.90 Å². The number of aromatic nitrogens is 2. The van der Waals surface area contributed by atoms with E-state index < -0.39 is 0 Å². The lowest BCUT2D eigenvalue weighted by atomic mass is 9.92. The number of hydrogen-bond donors (Lipinski definition) is 0. The SMILES string of the molecule is c1ccc(-c2ccnc(N(c3ccccc3)c3ccc4ccc5c(N(c6ccccc6)c6ccccc6)ccc6ccc3c4c65)n2)cc1.